The van der Waals surface area contributed by atoms with Crippen LogP contribution in [0.15, 0.2) is 24.3 Å². The van der Waals surface area contributed by atoms with Crippen molar-refractivity contribution in [3.8, 4) is 5.75 Å². The number of benzene rings is 1. The number of para-hydroxylation sites is 1. The van der Waals surface area contributed by atoms with Gasteiger partial charge in [-0.15, -0.1) is 0 Å². The van der Waals surface area contributed by atoms with E-state index in [4.69, 9.17) is 4.74 Å². The van der Waals surface area contributed by atoms with E-state index in [2.05, 4.69) is 6.92 Å². The zero-order chi connectivity index (χ0) is 15.3. The summed E-state index contributed by atoms with van der Waals surface area (Å²) < 4.78 is 5.85. The fourth-order valence-corrected chi connectivity index (χ4v) is 2.53. The van der Waals surface area contributed by atoms with Crippen molar-refractivity contribution in [2.24, 2.45) is 0 Å². The van der Waals surface area contributed by atoms with Crippen LogP contribution < -0.4 is 4.74 Å². The molecule has 0 bridgehead atoms. The van der Waals surface area contributed by atoms with Gasteiger partial charge in [0.2, 0.25) is 0 Å². The van der Waals surface area contributed by atoms with Gasteiger partial charge in [-0.05, 0) is 18.9 Å². The zero-order valence-electron chi connectivity index (χ0n) is 13.8. The first-order chi connectivity index (χ1) is 10.3. The Bertz CT molecular complexity index is 362. The second-order valence-corrected chi connectivity index (χ2v) is 5.79. The molecule has 120 valence electrons. The third-order valence-corrected chi connectivity index (χ3v) is 3.92. The molecule has 0 heterocycles. The molecule has 1 aromatic rings. The predicted octanol–water partition coefficient (Wildman–Crippen LogP) is 5.65. The van der Waals surface area contributed by atoms with Gasteiger partial charge in [0, 0.05) is 5.56 Å². The van der Waals surface area contributed by atoms with Gasteiger partial charge in [0.25, 0.3) is 0 Å². The van der Waals surface area contributed by atoms with Crippen LogP contribution >= 0.6 is 0 Å². The van der Waals surface area contributed by atoms with Crippen LogP contribution in [0.25, 0.3) is 0 Å². The summed E-state index contributed by atoms with van der Waals surface area (Å²) in [6.07, 6.45) is 10.8. The first kappa shape index (κ1) is 18.0. The van der Waals surface area contributed by atoms with Crippen molar-refractivity contribution in [1.82, 2.24) is 0 Å². The van der Waals surface area contributed by atoms with E-state index in [9.17, 15) is 5.11 Å². The number of aliphatic hydroxyl groups is 1. The van der Waals surface area contributed by atoms with E-state index in [0.29, 0.717) is 0 Å². The second-order valence-electron chi connectivity index (χ2n) is 5.79. The van der Waals surface area contributed by atoms with Crippen LogP contribution in [0.2, 0.25) is 0 Å². The molecule has 0 saturated heterocycles. The molecule has 0 saturated carbocycles. The summed E-state index contributed by atoms with van der Waals surface area (Å²) in [7, 11) is 0. The summed E-state index contributed by atoms with van der Waals surface area (Å²) in [4.78, 5) is 0. The van der Waals surface area contributed by atoms with E-state index in [0.717, 1.165) is 30.8 Å². The lowest BCUT2D eigenvalue weighted by Gasteiger charge is -2.14. The van der Waals surface area contributed by atoms with Crippen molar-refractivity contribution in [2.45, 2.75) is 77.7 Å². The lowest BCUT2D eigenvalue weighted by Crippen LogP contribution is -2.03. The molecule has 0 aliphatic rings. The van der Waals surface area contributed by atoms with Crippen LogP contribution in [0, 0.1) is 0 Å². The molecule has 0 unspecified atom stereocenters. The maximum absolute atomic E-state index is 9.97. The highest BCUT2D eigenvalue weighted by atomic mass is 16.5. The second kappa shape index (κ2) is 11.6. The first-order valence-electron chi connectivity index (χ1n) is 8.69. The molecule has 0 radical (unpaired) electrons. The molecule has 1 N–H and O–H groups in total. The van der Waals surface area contributed by atoms with Gasteiger partial charge in [-0.3, -0.25) is 0 Å². The molecule has 0 aliphatic heterocycles. The summed E-state index contributed by atoms with van der Waals surface area (Å²) in [5, 5.41) is 9.97. The standard InChI is InChI=1S/C19H32O2/c1-3-5-6-7-8-9-10-13-16-21-19-15-12-11-14-17(19)18(20)4-2/h11-12,14-15,18,20H,3-10,13,16H2,1-2H3/t18-/m0/s1. The average Bonchev–Trinajstić information content (AvgIpc) is 2.53. The van der Waals surface area contributed by atoms with Gasteiger partial charge >= 0.3 is 0 Å². The van der Waals surface area contributed by atoms with Crippen molar-refractivity contribution in [3.05, 3.63) is 29.8 Å². The number of hydrogen-bond donors (Lipinski definition) is 1. The van der Waals surface area contributed by atoms with Crippen molar-refractivity contribution < 1.29 is 9.84 Å². The van der Waals surface area contributed by atoms with E-state index in [1.165, 1.54) is 44.9 Å². The van der Waals surface area contributed by atoms with Gasteiger partial charge in [-0.25, -0.2) is 0 Å². The maximum atomic E-state index is 9.97. The summed E-state index contributed by atoms with van der Waals surface area (Å²) in [5.74, 6) is 0.842. The predicted molar refractivity (Wildman–Crippen MR) is 89.8 cm³/mol. The van der Waals surface area contributed by atoms with Gasteiger partial charge < -0.3 is 9.84 Å². The Hall–Kier alpha value is -1.02. The first-order valence-corrected chi connectivity index (χ1v) is 8.69. The molecular formula is C19H32O2. The van der Waals surface area contributed by atoms with Crippen LogP contribution in [0.4, 0.5) is 0 Å². The van der Waals surface area contributed by atoms with Crippen LogP contribution in [0.3, 0.4) is 0 Å². The fraction of sp³-hybridized carbons (Fsp3) is 0.684. The van der Waals surface area contributed by atoms with Crippen molar-refractivity contribution in [1.29, 1.82) is 0 Å². The minimum absolute atomic E-state index is 0.417. The highest BCUT2D eigenvalue weighted by Gasteiger charge is 2.10. The summed E-state index contributed by atoms with van der Waals surface area (Å²) in [5.41, 5.74) is 0.916. The Kier molecular flexibility index (Phi) is 9.98. The number of unbranched alkanes of at least 4 members (excludes halogenated alkanes) is 7. The Balaban J connectivity index is 2.15. The van der Waals surface area contributed by atoms with Crippen molar-refractivity contribution >= 4 is 0 Å². The van der Waals surface area contributed by atoms with Gasteiger partial charge in [0.15, 0.2) is 0 Å². The Morgan fingerprint density at radius 1 is 0.905 bits per heavy atom. The van der Waals surface area contributed by atoms with Crippen LogP contribution in [-0.2, 0) is 0 Å². The number of hydrogen-bond acceptors (Lipinski definition) is 2. The number of ether oxygens (including phenoxy) is 1. The summed E-state index contributed by atoms with van der Waals surface area (Å²) >= 11 is 0. The van der Waals surface area contributed by atoms with Crippen LogP contribution in [-0.4, -0.2) is 11.7 Å². The van der Waals surface area contributed by atoms with Crippen molar-refractivity contribution in [3.63, 3.8) is 0 Å². The highest BCUT2D eigenvalue weighted by molar-refractivity contribution is 5.34. The van der Waals surface area contributed by atoms with E-state index in [-0.39, 0.29) is 0 Å². The molecule has 1 aromatic carbocycles. The van der Waals surface area contributed by atoms with Crippen LogP contribution in [0.1, 0.15) is 83.3 Å². The molecule has 1 rings (SSSR count). The lowest BCUT2D eigenvalue weighted by atomic mass is 10.1. The molecular weight excluding hydrogens is 260 g/mol. The topological polar surface area (TPSA) is 29.5 Å². The van der Waals surface area contributed by atoms with Gasteiger partial charge in [-0.1, -0.05) is 77.0 Å². The highest BCUT2D eigenvalue weighted by Crippen LogP contribution is 2.27. The van der Waals surface area contributed by atoms with Gasteiger partial charge in [-0.2, -0.15) is 0 Å². The Morgan fingerprint density at radius 2 is 1.52 bits per heavy atom. The molecule has 0 fully saturated rings. The molecule has 1 atom stereocenters. The molecule has 2 heteroatoms. The normalized spacial score (nSPS) is 12.3. The molecule has 0 amide bonds. The fourth-order valence-electron chi connectivity index (χ4n) is 2.53. The largest absolute Gasteiger partial charge is 0.493 e. The number of aliphatic hydroxyl groups excluding tert-OH is 1. The van der Waals surface area contributed by atoms with E-state index < -0.39 is 6.10 Å². The Labute approximate surface area is 130 Å². The average molecular weight is 292 g/mol. The quantitative estimate of drug-likeness (QED) is 0.504. The lowest BCUT2D eigenvalue weighted by molar-refractivity contribution is 0.167. The number of rotatable bonds is 12. The smallest absolute Gasteiger partial charge is 0.125 e. The molecule has 0 spiro atoms. The van der Waals surface area contributed by atoms with Gasteiger partial charge in [0.05, 0.1) is 12.7 Å². The zero-order valence-corrected chi connectivity index (χ0v) is 13.8. The molecule has 21 heavy (non-hydrogen) atoms. The van der Waals surface area contributed by atoms with E-state index in [1.807, 2.05) is 31.2 Å². The minimum Gasteiger partial charge on any atom is -0.493 e. The maximum Gasteiger partial charge on any atom is 0.125 e. The molecule has 2 nitrogen and oxygen atoms in total. The molecule has 0 aliphatic carbocycles. The summed E-state index contributed by atoms with van der Waals surface area (Å²) in [6, 6.07) is 7.84. The Morgan fingerprint density at radius 3 is 2.19 bits per heavy atom. The van der Waals surface area contributed by atoms with Crippen molar-refractivity contribution in [2.75, 3.05) is 6.61 Å². The molecule has 0 aromatic heterocycles. The third kappa shape index (κ3) is 7.52. The summed E-state index contributed by atoms with van der Waals surface area (Å²) in [6.45, 7) is 4.99. The van der Waals surface area contributed by atoms with Crippen LogP contribution in [0.5, 0.6) is 5.75 Å². The monoisotopic (exact) mass is 292 g/mol. The minimum atomic E-state index is -0.417. The van der Waals surface area contributed by atoms with E-state index in [1.54, 1.807) is 0 Å². The van der Waals surface area contributed by atoms with E-state index >= 15 is 0 Å². The third-order valence-electron chi connectivity index (χ3n) is 3.92. The van der Waals surface area contributed by atoms with Gasteiger partial charge in [0.1, 0.15) is 5.75 Å². The SMILES string of the molecule is CCCCCCCCCCOc1ccccc1[C@@H](O)CC.